The monoisotopic (exact) mass is 178 g/mol. The molecule has 0 amide bonds. The molecule has 0 aliphatic rings. The highest BCUT2D eigenvalue weighted by Crippen LogP contribution is 2.10. The molecule has 0 saturated carbocycles. The Balaban J connectivity index is 3.30. The number of nitrogens with zero attached hydrogens (tertiary/aromatic N) is 3. The van der Waals surface area contributed by atoms with Gasteiger partial charge in [0.25, 0.3) is 0 Å². The van der Waals surface area contributed by atoms with Crippen LogP contribution in [0.15, 0.2) is 28.5 Å². The minimum atomic E-state index is 0.458. The first-order valence-corrected chi connectivity index (χ1v) is 4.12. The third-order valence-corrected chi connectivity index (χ3v) is 1.89. The van der Waals surface area contributed by atoms with Crippen molar-refractivity contribution in [2.45, 2.75) is 19.8 Å². The standard InChI is InChI=1S/C9H14N4/c1-7(2)8-4-5-13(11-3)9(6-8)12-10/h4-7H,3,10H2,1-2H3/b12-9-. The van der Waals surface area contributed by atoms with Crippen LogP contribution in [0.2, 0.25) is 0 Å². The number of aromatic nitrogens is 1. The van der Waals surface area contributed by atoms with E-state index < -0.39 is 0 Å². The first kappa shape index (κ1) is 9.51. The lowest BCUT2D eigenvalue weighted by Crippen LogP contribution is -2.19. The Hall–Kier alpha value is -1.58. The van der Waals surface area contributed by atoms with Gasteiger partial charge in [0, 0.05) is 12.9 Å². The fourth-order valence-electron chi connectivity index (χ4n) is 1.07. The highest BCUT2D eigenvalue weighted by atomic mass is 15.4. The third-order valence-electron chi connectivity index (χ3n) is 1.89. The molecule has 70 valence electrons. The lowest BCUT2D eigenvalue weighted by molar-refractivity contribution is 0.771. The highest BCUT2D eigenvalue weighted by Gasteiger charge is 1.99. The Labute approximate surface area is 77.4 Å². The molecular weight excluding hydrogens is 164 g/mol. The molecule has 0 bridgehead atoms. The summed E-state index contributed by atoms with van der Waals surface area (Å²) in [6, 6.07) is 3.88. The second-order valence-electron chi connectivity index (χ2n) is 3.09. The van der Waals surface area contributed by atoms with Crippen molar-refractivity contribution in [2.24, 2.45) is 16.0 Å². The molecule has 1 rings (SSSR count). The fourth-order valence-corrected chi connectivity index (χ4v) is 1.07. The molecule has 13 heavy (non-hydrogen) atoms. The summed E-state index contributed by atoms with van der Waals surface area (Å²) in [6.07, 6.45) is 1.80. The van der Waals surface area contributed by atoms with Gasteiger partial charge >= 0.3 is 0 Å². The molecule has 4 nitrogen and oxygen atoms in total. The molecule has 0 fully saturated rings. The van der Waals surface area contributed by atoms with Crippen LogP contribution >= 0.6 is 0 Å². The maximum absolute atomic E-state index is 5.21. The normalized spacial score (nSPS) is 12.1. The largest absolute Gasteiger partial charge is 0.321 e. The topological polar surface area (TPSA) is 55.7 Å². The summed E-state index contributed by atoms with van der Waals surface area (Å²) in [5.74, 6) is 5.67. The molecule has 0 atom stereocenters. The lowest BCUT2D eigenvalue weighted by atomic mass is 10.1. The maximum Gasteiger partial charge on any atom is 0.172 e. The van der Waals surface area contributed by atoms with Crippen LogP contribution in [-0.4, -0.2) is 11.4 Å². The zero-order valence-corrected chi connectivity index (χ0v) is 7.94. The summed E-state index contributed by atoms with van der Waals surface area (Å²) in [4.78, 5) is 0. The quantitative estimate of drug-likeness (QED) is 0.407. The van der Waals surface area contributed by atoms with Crippen molar-refractivity contribution in [3.63, 3.8) is 0 Å². The second-order valence-corrected chi connectivity index (χ2v) is 3.09. The van der Waals surface area contributed by atoms with Crippen molar-refractivity contribution >= 4 is 6.72 Å². The molecule has 0 spiro atoms. The minimum absolute atomic E-state index is 0.458. The van der Waals surface area contributed by atoms with E-state index in [2.05, 4.69) is 30.8 Å². The van der Waals surface area contributed by atoms with E-state index in [1.54, 1.807) is 6.20 Å². The Morgan fingerprint density at radius 1 is 1.54 bits per heavy atom. The van der Waals surface area contributed by atoms with Gasteiger partial charge in [0.1, 0.15) is 0 Å². The van der Waals surface area contributed by atoms with E-state index >= 15 is 0 Å². The van der Waals surface area contributed by atoms with Gasteiger partial charge in [-0.3, -0.25) is 0 Å². The molecular formula is C9H14N4. The van der Waals surface area contributed by atoms with Crippen molar-refractivity contribution in [1.82, 2.24) is 4.68 Å². The van der Waals surface area contributed by atoms with Crippen LogP contribution in [0.5, 0.6) is 0 Å². The second kappa shape index (κ2) is 3.89. The van der Waals surface area contributed by atoms with Gasteiger partial charge in [-0.15, -0.1) is 0 Å². The van der Waals surface area contributed by atoms with Crippen LogP contribution in [0.4, 0.5) is 0 Å². The molecule has 4 heteroatoms. The summed E-state index contributed by atoms with van der Waals surface area (Å²) < 4.78 is 1.53. The lowest BCUT2D eigenvalue weighted by Gasteiger charge is -2.06. The van der Waals surface area contributed by atoms with Gasteiger partial charge in [-0.05, 0) is 23.6 Å². The van der Waals surface area contributed by atoms with Gasteiger partial charge in [-0.25, -0.2) is 4.68 Å². The Morgan fingerprint density at radius 2 is 2.23 bits per heavy atom. The Kier molecular flexibility index (Phi) is 2.84. The summed E-state index contributed by atoms with van der Waals surface area (Å²) in [5.41, 5.74) is 1.80. The molecule has 0 saturated heterocycles. The first-order valence-electron chi connectivity index (χ1n) is 4.12. The van der Waals surface area contributed by atoms with Gasteiger partial charge in [-0.1, -0.05) is 13.8 Å². The summed E-state index contributed by atoms with van der Waals surface area (Å²) >= 11 is 0. The van der Waals surface area contributed by atoms with E-state index in [1.807, 2.05) is 12.1 Å². The van der Waals surface area contributed by atoms with Gasteiger partial charge in [0.05, 0.1) is 0 Å². The van der Waals surface area contributed by atoms with Gasteiger partial charge in [0.2, 0.25) is 0 Å². The van der Waals surface area contributed by atoms with Gasteiger partial charge in [0.15, 0.2) is 5.49 Å². The molecule has 0 radical (unpaired) electrons. The van der Waals surface area contributed by atoms with Crippen molar-refractivity contribution in [1.29, 1.82) is 0 Å². The average Bonchev–Trinajstić information content (AvgIpc) is 2.16. The summed E-state index contributed by atoms with van der Waals surface area (Å²) in [5, 5.41) is 7.35. The number of hydrogen-bond donors (Lipinski definition) is 1. The fraction of sp³-hybridized carbons (Fsp3) is 0.333. The molecule has 1 heterocycles. The first-order chi connectivity index (χ1) is 6.19. The minimum Gasteiger partial charge on any atom is -0.321 e. The van der Waals surface area contributed by atoms with Crippen LogP contribution in [0.3, 0.4) is 0 Å². The Morgan fingerprint density at radius 3 is 2.69 bits per heavy atom. The zero-order chi connectivity index (χ0) is 9.84. The van der Waals surface area contributed by atoms with Crippen LogP contribution in [-0.2, 0) is 0 Å². The number of pyridine rings is 1. The van der Waals surface area contributed by atoms with Gasteiger partial charge in [-0.2, -0.15) is 10.2 Å². The van der Waals surface area contributed by atoms with Crippen LogP contribution < -0.4 is 11.3 Å². The van der Waals surface area contributed by atoms with Crippen LogP contribution in [0.1, 0.15) is 25.3 Å². The smallest absolute Gasteiger partial charge is 0.172 e. The van der Waals surface area contributed by atoms with E-state index in [4.69, 9.17) is 5.84 Å². The van der Waals surface area contributed by atoms with Crippen molar-refractivity contribution in [2.75, 3.05) is 0 Å². The SMILES string of the molecule is C=Nn1ccc(C(C)C)c/c1=N/N. The van der Waals surface area contributed by atoms with E-state index in [0.29, 0.717) is 11.4 Å². The van der Waals surface area contributed by atoms with Crippen molar-refractivity contribution in [3.8, 4) is 0 Å². The number of rotatable bonds is 2. The van der Waals surface area contributed by atoms with Crippen LogP contribution in [0, 0.1) is 0 Å². The number of nitrogens with two attached hydrogens (primary N) is 1. The van der Waals surface area contributed by atoms with E-state index in [1.165, 1.54) is 10.2 Å². The summed E-state index contributed by atoms with van der Waals surface area (Å²) in [7, 11) is 0. The predicted octanol–water partition coefficient (Wildman–Crippen LogP) is 0.850. The third kappa shape index (κ3) is 1.96. The maximum atomic E-state index is 5.21. The van der Waals surface area contributed by atoms with E-state index in [0.717, 1.165) is 0 Å². The summed E-state index contributed by atoms with van der Waals surface area (Å²) in [6.45, 7) is 7.64. The van der Waals surface area contributed by atoms with Gasteiger partial charge < -0.3 is 5.84 Å². The molecule has 0 aliphatic carbocycles. The molecule has 2 N–H and O–H groups in total. The Bertz CT molecular complexity index is 362. The average molecular weight is 178 g/mol. The van der Waals surface area contributed by atoms with Crippen LogP contribution in [0.25, 0.3) is 0 Å². The molecule has 0 aromatic carbocycles. The molecule has 1 aromatic rings. The highest BCUT2D eigenvalue weighted by molar-refractivity contribution is 5.24. The molecule has 1 aromatic heterocycles. The van der Waals surface area contributed by atoms with Crippen molar-refractivity contribution in [3.05, 3.63) is 29.4 Å². The van der Waals surface area contributed by atoms with E-state index in [-0.39, 0.29) is 0 Å². The molecule has 0 aliphatic heterocycles. The van der Waals surface area contributed by atoms with Crippen molar-refractivity contribution < 1.29 is 0 Å². The van der Waals surface area contributed by atoms with E-state index in [9.17, 15) is 0 Å². The number of hydrogen-bond acceptors (Lipinski definition) is 3. The predicted molar refractivity (Wildman–Crippen MR) is 53.2 cm³/mol. The zero-order valence-electron chi connectivity index (χ0n) is 7.94. The molecule has 0 unspecified atom stereocenters.